The molecule has 23 heavy (non-hydrogen) atoms. The molecule has 120 valence electrons. The Kier molecular flexibility index (Phi) is 4.80. The van der Waals surface area contributed by atoms with Gasteiger partial charge in [0.1, 0.15) is 16.4 Å². The predicted octanol–water partition coefficient (Wildman–Crippen LogP) is 2.01. The largest absolute Gasteiger partial charge is 0.379 e. The van der Waals surface area contributed by atoms with Crippen LogP contribution in [0.15, 0.2) is 58.5 Å². The third-order valence-electron chi connectivity index (χ3n) is 3.11. The van der Waals surface area contributed by atoms with E-state index in [1.807, 2.05) is 6.92 Å². The zero-order valence-electron chi connectivity index (χ0n) is 12.7. The first-order valence-corrected chi connectivity index (χ1v) is 8.15. The van der Waals surface area contributed by atoms with Crippen LogP contribution in [-0.4, -0.2) is 19.9 Å². The molecular formula is C16H16N2O4S. The number of nitrogens with zero attached hydrogens (tertiary/aromatic N) is 1. The van der Waals surface area contributed by atoms with Crippen molar-refractivity contribution < 1.29 is 17.4 Å². The molecule has 0 aliphatic carbocycles. The summed E-state index contributed by atoms with van der Waals surface area (Å²) in [6.07, 6.45) is 0. The van der Waals surface area contributed by atoms with Crippen LogP contribution >= 0.6 is 0 Å². The van der Waals surface area contributed by atoms with Gasteiger partial charge in [-0.2, -0.15) is 13.5 Å². The van der Waals surface area contributed by atoms with E-state index in [-0.39, 0.29) is 22.1 Å². The Morgan fingerprint density at radius 3 is 2.09 bits per heavy atom. The normalized spacial score (nSPS) is 12.0. The standard InChI is InChI=1S/C16H16N2O4S/c1-11-3-9-15(10-4-11)23(20,21)22-14-7-5-13(6-8-14)16(18-17)12(2)19/h3-10H,17H2,1-2H3/b18-16-. The molecule has 0 bridgehead atoms. The highest BCUT2D eigenvalue weighted by Gasteiger charge is 2.17. The van der Waals surface area contributed by atoms with Gasteiger partial charge in [0.2, 0.25) is 0 Å². The molecular weight excluding hydrogens is 316 g/mol. The fourth-order valence-electron chi connectivity index (χ4n) is 1.92. The van der Waals surface area contributed by atoms with E-state index in [1.54, 1.807) is 12.1 Å². The predicted molar refractivity (Wildman–Crippen MR) is 86.8 cm³/mol. The van der Waals surface area contributed by atoms with Crippen LogP contribution < -0.4 is 10.0 Å². The highest BCUT2D eigenvalue weighted by molar-refractivity contribution is 7.87. The molecule has 0 radical (unpaired) electrons. The number of rotatable bonds is 5. The summed E-state index contributed by atoms with van der Waals surface area (Å²) in [5, 5.41) is 3.43. The third kappa shape index (κ3) is 3.95. The lowest BCUT2D eigenvalue weighted by Crippen LogP contribution is -2.14. The summed E-state index contributed by atoms with van der Waals surface area (Å²) < 4.78 is 29.4. The van der Waals surface area contributed by atoms with Crippen molar-refractivity contribution in [1.82, 2.24) is 0 Å². The molecule has 2 aromatic carbocycles. The van der Waals surface area contributed by atoms with E-state index in [1.165, 1.54) is 43.3 Å². The van der Waals surface area contributed by atoms with Crippen molar-refractivity contribution in [3.63, 3.8) is 0 Å². The van der Waals surface area contributed by atoms with Crippen molar-refractivity contribution in [2.45, 2.75) is 18.7 Å². The number of hydrazone groups is 1. The average Bonchev–Trinajstić information content (AvgIpc) is 2.49. The first-order chi connectivity index (χ1) is 10.8. The molecule has 7 heteroatoms. The monoisotopic (exact) mass is 332 g/mol. The Labute approximate surface area is 134 Å². The third-order valence-corrected chi connectivity index (χ3v) is 4.37. The minimum Gasteiger partial charge on any atom is -0.379 e. The van der Waals surface area contributed by atoms with E-state index in [9.17, 15) is 13.2 Å². The Hall–Kier alpha value is -2.67. The zero-order chi connectivity index (χ0) is 17.0. The molecule has 0 saturated heterocycles. The smallest absolute Gasteiger partial charge is 0.339 e. The maximum absolute atomic E-state index is 12.2. The van der Waals surface area contributed by atoms with E-state index in [0.29, 0.717) is 5.56 Å². The molecule has 0 fully saturated rings. The molecule has 2 N–H and O–H groups in total. The minimum absolute atomic E-state index is 0.0696. The Balaban J connectivity index is 2.24. The van der Waals surface area contributed by atoms with Gasteiger partial charge in [-0.25, -0.2) is 0 Å². The van der Waals surface area contributed by atoms with Crippen LogP contribution in [0.3, 0.4) is 0 Å². The number of carbonyl (C=O) groups is 1. The van der Waals surface area contributed by atoms with E-state index >= 15 is 0 Å². The summed E-state index contributed by atoms with van der Waals surface area (Å²) in [6, 6.07) is 12.3. The van der Waals surface area contributed by atoms with Gasteiger partial charge in [-0.3, -0.25) is 4.79 Å². The summed E-state index contributed by atoms with van der Waals surface area (Å²) in [7, 11) is -3.91. The fraction of sp³-hybridized carbons (Fsp3) is 0.125. The van der Waals surface area contributed by atoms with Crippen LogP contribution in [0.1, 0.15) is 18.1 Å². The molecule has 0 heterocycles. The molecule has 0 amide bonds. The summed E-state index contributed by atoms with van der Waals surface area (Å²) in [5.41, 5.74) is 1.55. The van der Waals surface area contributed by atoms with Crippen LogP contribution in [-0.2, 0) is 14.9 Å². The molecule has 0 aromatic heterocycles. The first-order valence-electron chi connectivity index (χ1n) is 6.74. The van der Waals surface area contributed by atoms with Crippen molar-refractivity contribution in [2.75, 3.05) is 0 Å². The van der Waals surface area contributed by atoms with E-state index < -0.39 is 10.1 Å². The maximum atomic E-state index is 12.2. The van der Waals surface area contributed by atoms with E-state index in [0.717, 1.165) is 5.56 Å². The minimum atomic E-state index is -3.91. The van der Waals surface area contributed by atoms with Crippen molar-refractivity contribution in [2.24, 2.45) is 10.9 Å². The number of hydrogen-bond acceptors (Lipinski definition) is 6. The van der Waals surface area contributed by atoms with Crippen molar-refractivity contribution in [3.05, 3.63) is 59.7 Å². The Morgan fingerprint density at radius 1 is 1.04 bits per heavy atom. The van der Waals surface area contributed by atoms with Gasteiger partial charge in [0.05, 0.1) is 0 Å². The van der Waals surface area contributed by atoms with Crippen molar-refractivity contribution in [1.29, 1.82) is 0 Å². The lowest BCUT2D eigenvalue weighted by atomic mass is 10.1. The fourth-order valence-corrected chi connectivity index (χ4v) is 2.85. The van der Waals surface area contributed by atoms with Gasteiger partial charge >= 0.3 is 10.1 Å². The second-order valence-electron chi connectivity index (χ2n) is 4.91. The molecule has 0 unspecified atom stereocenters. The van der Waals surface area contributed by atoms with Gasteiger partial charge in [0, 0.05) is 12.5 Å². The number of benzene rings is 2. The van der Waals surface area contributed by atoms with Crippen LogP contribution in [0, 0.1) is 6.92 Å². The molecule has 0 aliphatic heterocycles. The second-order valence-corrected chi connectivity index (χ2v) is 6.46. The average molecular weight is 332 g/mol. The van der Waals surface area contributed by atoms with E-state index in [2.05, 4.69) is 5.10 Å². The number of ketones is 1. The van der Waals surface area contributed by atoms with Gasteiger partial charge < -0.3 is 10.0 Å². The van der Waals surface area contributed by atoms with Gasteiger partial charge in [-0.15, -0.1) is 0 Å². The first kappa shape index (κ1) is 16.7. The highest BCUT2D eigenvalue weighted by Crippen LogP contribution is 2.20. The topological polar surface area (TPSA) is 98.8 Å². The quantitative estimate of drug-likeness (QED) is 0.391. The summed E-state index contributed by atoms with van der Waals surface area (Å²) in [5.74, 6) is 5.02. The molecule has 2 aromatic rings. The van der Waals surface area contributed by atoms with E-state index in [4.69, 9.17) is 10.0 Å². The molecule has 0 aliphatic rings. The molecule has 0 saturated carbocycles. The lowest BCUT2D eigenvalue weighted by molar-refractivity contribution is -0.111. The number of hydrogen-bond donors (Lipinski definition) is 1. The lowest BCUT2D eigenvalue weighted by Gasteiger charge is -2.08. The number of Topliss-reactive ketones (excluding diaryl/α,β-unsaturated/α-hetero) is 1. The number of nitrogens with two attached hydrogens (primary N) is 1. The van der Waals surface area contributed by atoms with Gasteiger partial charge in [0.25, 0.3) is 0 Å². The SMILES string of the molecule is CC(=O)/C(=N/N)c1ccc(OS(=O)(=O)c2ccc(C)cc2)cc1. The zero-order valence-corrected chi connectivity index (χ0v) is 13.5. The van der Waals surface area contributed by atoms with Gasteiger partial charge in [-0.05, 0) is 43.3 Å². The number of carbonyl (C=O) groups excluding carboxylic acids is 1. The van der Waals surface area contributed by atoms with Crippen LogP contribution in [0.25, 0.3) is 0 Å². The summed E-state index contributed by atoms with van der Waals surface area (Å²) in [6.45, 7) is 3.21. The maximum Gasteiger partial charge on any atom is 0.339 e. The molecule has 6 nitrogen and oxygen atoms in total. The summed E-state index contributed by atoms with van der Waals surface area (Å²) >= 11 is 0. The van der Waals surface area contributed by atoms with Gasteiger partial charge in [-0.1, -0.05) is 17.7 Å². The molecule has 2 rings (SSSR count). The Bertz CT molecular complexity index is 839. The van der Waals surface area contributed by atoms with Crippen molar-refractivity contribution >= 4 is 21.6 Å². The second kappa shape index (κ2) is 6.62. The van der Waals surface area contributed by atoms with Crippen molar-refractivity contribution in [3.8, 4) is 5.75 Å². The highest BCUT2D eigenvalue weighted by atomic mass is 32.2. The summed E-state index contributed by atoms with van der Waals surface area (Å²) in [4.78, 5) is 11.4. The van der Waals surface area contributed by atoms with Crippen LogP contribution in [0.2, 0.25) is 0 Å². The van der Waals surface area contributed by atoms with Crippen LogP contribution in [0.4, 0.5) is 0 Å². The number of aryl methyl sites for hydroxylation is 1. The van der Waals surface area contributed by atoms with Crippen LogP contribution in [0.5, 0.6) is 5.75 Å². The molecule has 0 spiro atoms. The Morgan fingerprint density at radius 2 is 1.61 bits per heavy atom. The molecule has 0 atom stereocenters. The van der Waals surface area contributed by atoms with Gasteiger partial charge in [0.15, 0.2) is 5.78 Å².